The summed E-state index contributed by atoms with van der Waals surface area (Å²) in [6.07, 6.45) is -3.26. The van der Waals surface area contributed by atoms with Crippen LogP contribution in [-0.2, 0) is 6.18 Å². The minimum atomic E-state index is -4.50. The number of nitrogens with zero attached hydrogens (tertiary/aromatic N) is 5. The summed E-state index contributed by atoms with van der Waals surface area (Å²) in [4.78, 5) is 22.4. The van der Waals surface area contributed by atoms with Crippen LogP contribution in [-0.4, -0.2) is 33.1 Å². The van der Waals surface area contributed by atoms with Gasteiger partial charge in [-0.05, 0) is 24.3 Å². The van der Waals surface area contributed by atoms with Crippen molar-refractivity contribution in [3.8, 4) is 0 Å². The van der Waals surface area contributed by atoms with Gasteiger partial charge in [0, 0.05) is 35.5 Å². The number of hydrogen-bond donors (Lipinski definition) is 3. The van der Waals surface area contributed by atoms with Crippen LogP contribution in [0.2, 0.25) is 5.02 Å². The van der Waals surface area contributed by atoms with Crippen LogP contribution in [0.4, 0.5) is 42.4 Å². The molecule has 3 N–H and O–H groups in total. The van der Waals surface area contributed by atoms with Gasteiger partial charge in [-0.25, -0.2) is 5.43 Å². The zero-order chi connectivity index (χ0) is 23.3. The topological polar surface area (TPSA) is 130 Å². The van der Waals surface area contributed by atoms with E-state index in [1.165, 1.54) is 36.5 Å². The average molecular weight is 467 g/mol. The Balaban J connectivity index is 1.81. The molecule has 3 rings (SSSR count). The van der Waals surface area contributed by atoms with Crippen LogP contribution in [0.3, 0.4) is 0 Å². The molecule has 10 nitrogen and oxygen atoms in total. The zero-order valence-corrected chi connectivity index (χ0v) is 16.9. The van der Waals surface area contributed by atoms with Crippen LogP contribution in [0.25, 0.3) is 0 Å². The number of aromatic nitrogens is 3. The zero-order valence-electron chi connectivity index (χ0n) is 16.2. The van der Waals surface area contributed by atoms with Crippen LogP contribution in [0, 0.1) is 10.1 Å². The van der Waals surface area contributed by atoms with Gasteiger partial charge in [0.2, 0.25) is 17.8 Å². The summed E-state index contributed by atoms with van der Waals surface area (Å²) in [6.45, 7) is 0. The van der Waals surface area contributed by atoms with Gasteiger partial charge in [0.15, 0.2) is 0 Å². The standard InChI is InChI=1S/C18H14ClF3N8O2/c1-23-15-26-16(25-12-4-2-3-11(8-12)18(20,21)22)28-17(27-15)29-24-9-10-7-13(30(31)32)5-6-14(10)19/h2-9H,1H3,(H3,23,25,26,27,28,29)/b24-9-. The molecule has 0 saturated heterocycles. The normalized spacial score (nSPS) is 11.4. The number of alkyl halides is 3. The predicted octanol–water partition coefficient (Wildman–Crippen LogP) is 4.68. The summed E-state index contributed by atoms with van der Waals surface area (Å²) in [5.74, 6) is 0.0203. The number of anilines is 4. The Morgan fingerprint density at radius 1 is 1.09 bits per heavy atom. The van der Waals surface area contributed by atoms with Crippen molar-refractivity contribution >= 4 is 47.0 Å². The summed E-state index contributed by atoms with van der Waals surface area (Å²) in [7, 11) is 1.54. The highest BCUT2D eigenvalue weighted by molar-refractivity contribution is 6.33. The third-order valence-corrected chi connectivity index (χ3v) is 4.21. The van der Waals surface area contributed by atoms with Crippen molar-refractivity contribution in [2.45, 2.75) is 6.18 Å². The SMILES string of the molecule is CNc1nc(N/N=C\c2cc([N+](=O)[O-])ccc2Cl)nc(Nc2cccc(C(F)(F)F)c2)n1. The molecule has 0 aliphatic rings. The highest BCUT2D eigenvalue weighted by atomic mass is 35.5. The van der Waals surface area contributed by atoms with E-state index in [9.17, 15) is 23.3 Å². The second-order valence-corrected chi connectivity index (χ2v) is 6.50. The summed E-state index contributed by atoms with van der Waals surface area (Å²) in [6, 6.07) is 8.38. The molecule has 0 aliphatic carbocycles. The van der Waals surface area contributed by atoms with Gasteiger partial charge in [0.25, 0.3) is 5.69 Å². The second-order valence-electron chi connectivity index (χ2n) is 6.09. The highest BCUT2D eigenvalue weighted by Gasteiger charge is 2.30. The lowest BCUT2D eigenvalue weighted by atomic mass is 10.2. The fraction of sp³-hybridized carbons (Fsp3) is 0.111. The molecule has 0 aliphatic heterocycles. The van der Waals surface area contributed by atoms with Gasteiger partial charge < -0.3 is 10.6 Å². The number of halogens is 4. The Hall–Kier alpha value is -4.00. The molecule has 0 atom stereocenters. The molecule has 1 aromatic heterocycles. The van der Waals surface area contributed by atoms with Crippen molar-refractivity contribution in [2.75, 3.05) is 23.1 Å². The van der Waals surface area contributed by atoms with Crippen LogP contribution in [0.1, 0.15) is 11.1 Å². The Labute approximate surface area is 183 Å². The molecule has 0 amide bonds. The molecule has 0 radical (unpaired) electrons. The monoisotopic (exact) mass is 466 g/mol. The van der Waals surface area contributed by atoms with Gasteiger partial charge in [0.05, 0.1) is 16.7 Å². The van der Waals surface area contributed by atoms with Crippen molar-refractivity contribution in [1.29, 1.82) is 0 Å². The Morgan fingerprint density at radius 3 is 2.50 bits per heavy atom. The first-order chi connectivity index (χ1) is 15.2. The van der Waals surface area contributed by atoms with Crippen LogP contribution in [0.5, 0.6) is 0 Å². The second kappa shape index (κ2) is 9.43. The Morgan fingerprint density at radius 2 is 1.81 bits per heavy atom. The summed E-state index contributed by atoms with van der Waals surface area (Å²) in [5, 5.41) is 20.4. The van der Waals surface area contributed by atoms with Crippen LogP contribution >= 0.6 is 11.6 Å². The number of nitro groups is 1. The van der Waals surface area contributed by atoms with Gasteiger partial charge in [-0.15, -0.1) is 0 Å². The third-order valence-electron chi connectivity index (χ3n) is 3.86. The largest absolute Gasteiger partial charge is 0.416 e. The van der Waals surface area contributed by atoms with E-state index in [2.05, 4.69) is 36.1 Å². The van der Waals surface area contributed by atoms with Crippen molar-refractivity contribution in [3.05, 3.63) is 68.7 Å². The maximum Gasteiger partial charge on any atom is 0.416 e. The predicted molar refractivity (Wildman–Crippen MR) is 113 cm³/mol. The van der Waals surface area contributed by atoms with Gasteiger partial charge in [-0.3, -0.25) is 10.1 Å². The third kappa shape index (κ3) is 5.78. The maximum absolute atomic E-state index is 12.9. The summed E-state index contributed by atoms with van der Waals surface area (Å²) >= 11 is 6.01. The molecule has 1 heterocycles. The first-order valence-electron chi connectivity index (χ1n) is 8.77. The molecule has 0 bridgehead atoms. The quantitative estimate of drug-likeness (QED) is 0.260. The molecular weight excluding hydrogens is 453 g/mol. The van der Waals surface area contributed by atoms with E-state index in [0.717, 1.165) is 12.1 Å². The van der Waals surface area contributed by atoms with E-state index in [1.54, 1.807) is 7.05 Å². The number of benzene rings is 2. The molecule has 0 spiro atoms. The summed E-state index contributed by atoms with van der Waals surface area (Å²) < 4.78 is 38.7. The summed E-state index contributed by atoms with van der Waals surface area (Å²) in [5.41, 5.74) is 1.92. The lowest BCUT2D eigenvalue weighted by Crippen LogP contribution is -2.08. The maximum atomic E-state index is 12.9. The van der Waals surface area contributed by atoms with Crippen molar-refractivity contribution < 1.29 is 18.1 Å². The van der Waals surface area contributed by atoms with Gasteiger partial charge in [0.1, 0.15) is 0 Å². The molecule has 0 fully saturated rings. The van der Waals surface area contributed by atoms with Crippen molar-refractivity contribution in [2.24, 2.45) is 5.10 Å². The lowest BCUT2D eigenvalue weighted by Gasteiger charge is -2.11. The Bertz CT molecular complexity index is 1170. The molecule has 3 aromatic rings. The average Bonchev–Trinajstić information content (AvgIpc) is 2.74. The minimum Gasteiger partial charge on any atom is -0.357 e. The molecule has 166 valence electrons. The number of hydrazone groups is 1. The van der Waals surface area contributed by atoms with E-state index in [1.807, 2.05) is 0 Å². The van der Waals surface area contributed by atoms with E-state index in [-0.39, 0.29) is 39.8 Å². The van der Waals surface area contributed by atoms with Gasteiger partial charge in [-0.1, -0.05) is 17.7 Å². The first kappa shape index (κ1) is 22.7. The minimum absolute atomic E-state index is 0.0448. The highest BCUT2D eigenvalue weighted by Crippen LogP contribution is 2.31. The molecule has 14 heteroatoms. The number of nitrogens with one attached hydrogen (secondary N) is 3. The molecule has 2 aromatic carbocycles. The molecule has 0 saturated carbocycles. The molecule has 0 unspecified atom stereocenters. The van der Waals surface area contributed by atoms with E-state index in [4.69, 9.17) is 11.6 Å². The number of hydrogen-bond acceptors (Lipinski definition) is 9. The molecular formula is C18H14ClF3N8O2. The lowest BCUT2D eigenvalue weighted by molar-refractivity contribution is -0.384. The van der Waals surface area contributed by atoms with Crippen molar-refractivity contribution in [1.82, 2.24) is 15.0 Å². The van der Waals surface area contributed by atoms with Crippen molar-refractivity contribution in [3.63, 3.8) is 0 Å². The van der Waals surface area contributed by atoms with E-state index in [0.29, 0.717) is 0 Å². The fourth-order valence-electron chi connectivity index (χ4n) is 2.40. The van der Waals surface area contributed by atoms with Crippen LogP contribution < -0.4 is 16.1 Å². The first-order valence-corrected chi connectivity index (χ1v) is 9.14. The van der Waals surface area contributed by atoms with E-state index >= 15 is 0 Å². The number of nitro benzene ring substituents is 1. The fourth-order valence-corrected chi connectivity index (χ4v) is 2.57. The number of non-ortho nitro benzene ring substituents is 1. The molecule has 32 heavy (non-hydrogen) atoms. The van der Waals surface area contributed by atoms with Gasteiger partial charge >= 0.3 is 6.18 Å². The van der Waals surface area contributed by atoms with Crippen LogP contribution in [0.15, 0.2) is 47.6 Å². The Kier molecular flexibility index (Phi) is 6.68. The number of rotatable bonds is 7. The smallest absolute Gasteiger partial charge is 0.357 e. The van der Waals surface area contributed by atoms with E-state index < -0.39 is 16.7 Å². The van der Waals surface area contributed by atoms with Gasteiger partial charge in [-0.2, -0.15) is 33.2 Å².